The minimum atomic E-state index is -0.185. The number of amides is 1. The highest BCUT2D eigenvalue weighted by atomic mass is 16.1. The van der Waals surface area contributed by atoms with E-state index in [-0.39, 0.29) is 5.91 Å². The van der Waals surface area contributed by atoms with Gasteiger partial charge in [-0.05, 0) is 24.5 Å². The minimum absolute atomic E-state index is 0.185. The van der Waals surface area contributed by atoms with Gasteiger partial charge in [-0.3, -0.25) is 4.79 Å². The van der Waals surface area contributed by atoms with E-state index in [0.29, 0.717) is 18.1 Å². The van der Waals surface area contributed by atoms with E-state index in [1.54, 1.807) is 6.20 Å². The Labute approximate surface area is 140 Å². The number of aromatic nitrogens is 3. The normalized spacial score (nSPS) is 10.7. The molecule has 3 N–H and O–H groups in total. The highest BCUT2D eigenvalue weighted by Gasteiger charge is 2.07. The molecule has 3 rings (SSSR count). The van der Waals surface area contributed by atoms with Crippen LogP contribution in [0.15, 0.2) is 42.9 Å². The van der Waals surface area contributed by atoms with Crippen LogP contribution < -0.4 is 10.6 Å². The Morgan fingerprint density at radius 2 is 2.04 bits per heavy atom. The number of fused-ring (bicyclic) bond motifs is 1. The first kappa shape index (κ1) is 16.0. The Hall–Kier alpha value is -2.89. The molecule has 0 radical (unpaired) electrons. The van der Waals surface area contributed by atoms with Crippen molar-refractivity contribution in [3.05, 3.63) is 54.1 Å². The van der Waals surface area contributed by atoms with Crippen molar-refractivity contribution in [3.63, 3.8) is 0 Å². The molecule has 2 aromatic heterocycles. The van der Waals surface area contributed by atoms with Crippen LogP contribution in [0.2, 0.25) is 0 Å². The average Bonchev–Trinajstić information content (AvgIpc) is 3.03. The maximum atomic E-state index is 11.8. The van der Waals surface area contributed by atoms with Gasteiger partial charge in [-0.1, -0.05) is 25.1 Å². The molecule has 6 heteroatoms. The molecule has 0 fully saturated rings. The molecule has 24 heavy (non-hydrogen) atoms. The Morgan fingerprint density at radius 1 is 1.17 bits per heavy atom. The van der Waals surface area contributed by atoms with Crippen molar-refractivity contribution in [2.24, 2.45) is 0 Å². The smallest absolute Gasteiger partial charge is 0.271 e. The molecule has 6 nitrogen and oxygen atoms in total. The molecule has 0 unspecified atom stereocenters. The van der Waals surface area contributed by atoms with Crippen molar-refractivity contribution in [3.8, 4) is 0 Å². The van der Waals surface area contributed by atoms with Gasteiger partial charge in [-0.15, -0.1) is 0 Å². The summed E-state index contributed by atoms with van der Waals surface area (Å²) < 4.78 is 0. The van der Waals surface area contributed by atoms with E-state index in [4.69, 9.17) is 0 Å². The van der Waals surface area contributed by atoms with E-state index >= 15 is 0 Å². The number of aromatic amines is 1. The number of hydrogen-bond acceptors (Lipinski definition) is 4. The van der Waals surface area contributed by atoms with E-state index in [1.165, 1.54) is 17.1 Å². The fourth-order valence-corrected chi connectivity index (χ4v) is 2.53. The summed E-state index contributed by atoms with van der Waals surface area (Å²) in [6.45, 7) is 3.40. The Balaban J connectivity index is 1.54. The van der Waals surface area contributed by atoms with Gasteiger partial charge in [0.1, 0.15) is 11.5 Å². The van der Waals surface area contributed by atoms with Crippen LogP contribution in [0.25, 0.3) is 10.9 Å². The Kier molecular flexibility index (Phi) is 5.05. The van der Waals surface area contributed by atoms with Gasteiger partial charge >= 0.3 is 0 Å². The SMILES string of the molecule is CCCNC(=O)c1cnc(NCCc2c[nH]c3ccccc23)cn1. The number of H-pyrrole nitrogens is 1. The van der Waals surface area contributed by atoms with Gasteiger partial charge < -0.3 is 15.6 Å². The lowest BCUT2D eigenvalue weighted by atomic mass is 10.1. The summed E-state index contributed by atoms with van der Waals surface area (Å²) in [7, 11) is 0. The van der Waals surface area contributed by atoms with Crippen LogP contribution >= 0.6 is 0 Å². The Bertz CT molecular complexity index is 810. The third-order valence-electron chi connectivity index (χ3n) is 3.80. The molecule has 124 valence electrons. The van der Waals surface area contributed by atoms with E-state index in [1.807, 2.05) is 25.3 Å². The zero-order valence-electron chi connectivity index (χ0n) is 13.7. The first-order chi connectivity index (χ1) is 11.8. The lowest BCUT2D eigenvalue weighted by Crippen LogP contribution is -2.25. The van der Waals surface area contributed by atoms with Gasteiger partial charge in [0.15, 0.2) is 0 Å². The molecule has 0 bridgehead atoms. The number of carbonyl (C=O) groups is 1. The van der Waals surface area contributed by atoms with E-state index in [9.17, 15) is 4.79 Å². The molecule has 1 amide bonds. The zero-order valence-corrected chi connectivity index (χ0v) is 13.7. The monoisotopic (exact) mass is 323 g/mol. The molecule has 3 aromatic rings. The van der Waals surface area contributed by atoms with Gasteiger partial charge in [-0.25, -0.2) is 9.97 Å². The zero-order chi connectivity index (χ0) is 16.8. The van der Waals surface area contributed by atoms with Crippen LogP contribution in [0.3, 0.4) is 0 Å². The number of benzene rings is 1. The van der Waals surface area contributed by atoms with Crippen molar-refractivity contribution in [2.75, 3.05) is 18.4 Å². The molecular formula is C18H21N5O. The first-order valence-corrected chi connectivity index (χ1v) is 8.17. The fraction of sp³-hybridized carbons (Fsp3) is 0.278. The number of nitrogens with zero attached hydrogens (tertiary/aromatic N) is 2. The maximum absolute atomic E-state index is 11.8. The van der Waals surface area contributed by atoms with Gasteiger partial charge in [0.05, 0.1) is 12.4 Å². The second kappa shape index (κ2) is 7.59. The number of para-hydroxylation sites is 1. The quantitative estimate of drug-likeness (QED) is 0.624. The van der Waals surface area contributed by atoms with E-state index in [0.717, 1.165) is 24.9 Å². The number of carbonyl (C=O) groups excluding carboxylic acids is 1. The van der Waals surface area contributed by atoms with Crippen LogP contribution in [0, 0.1) is 0 Å². The first-order valence-electron chi connectivity index (χ1n) is 8.17. The lowest BCUT2D eigenvalue weighted by Gasteiger charge is -2.06. The number of anilines is 1. The fourth-order valence-electron chi connectivity index (χ4n) is 2.53. The van der Waals surface area contributed by atoms with Gasteiger partial charge in [0.25, 0.3) is 5.91 Å². The molecule has 0 aliphatic heterocycles. The topological polar surface area (TPSA) is 82.7 Å². The van der Waals surface area contributed by atoms with Crippen LogP contribution in [-0.4, -0.2) is 33.9 Å². The summed E-state index contributed by atoms with van der Waals surface area (Å²) in [5, 5.41) is 7.26. The third-order valence-corrected chi connectivity index (χ3v) is 3.80. The molecule has 1 aromatic carbocycles. The number of rotatable bonds is 7. The summed E-state index contributed by atoms with van der Waals surface area (Å²) in [5.41, 5.74) is 2.75. The van der Waals surface area contributed by atoms with Crippen molar-refractivity contribution in [1.82, 2.24) is 20.3 Å². The largest absolute Gasteiger partial charge is 0.368 e. The highest BCUT2D eigenvalue weighted by Crippen LogP contribution is 2.18. The van der Waals surface area contributed by atoms with Crippen LogP contribution in [0.5, 0.6) is 0 Å². The van der Waals surface area contributed by atoms with E-state index < -0.39 is 0 Å². The van der Waals surface area contributed by atoms with Crippen LogP contribution in [-0.2, 0) is 6.42 Å². The summed E-state index contributed by atoms with van der Waals surface area (Å²) in [4.78, 5) is 23.4. The van der Waals surface area contributed by atoms with E-state index in [2.05, 4.69) is 37.7 Å². The standard InChI is InChI=1S/C18H21N5O/c1-2-8-20-18(24)16-11-23-17(12-22-16)19-9-7-13-10-21-15-6-4-3-5-14(13)15/h3-6,10-12,21H,2,7-9H2,1H3,(H,19,23)(H,20,24). The predicted octanol–water partition coefficient (Wildman–Crippen LogP) is 2.75. The van der Waals surface area contributed by atoms with Crippen molar-refractivity contribution < 1.29 is 4.79 Å². The molecule has 0 atom stereocenters. The van der Waals surface area contributed by atoms with Crippen molar-refractivity contribution in [1.29, 1.82) is 0 Å². The molecule has 0 spiro atoms. The molecular weight excluding hydrogens is 302 g/mol. The van der Waals surface area contributed by atoms with Crippen LogP contribution in [0.4, 0.5) is 5.82 Å². The number of hydrogen-bond donors (Lipinski definition) is 3. The molecule has 2 heterocycles. The number of nitrogens with one attached hydrogen (secondary N) is 3. The highest BCUT2D eigenvalue weighted by molar-refractivity contribution is 5.92. The lowest BCUT2D eigenvalue weighted by molar-refractivity contribution is 0.0948. The molecule has 0 saturated heterocycles. The van der Waals surface area contributed by atoms with Gasteiger partial charge in [0.2, 0.25) is 0 Å². The average molecular weight is 323 g/mol. The third kappa shape index (κ3) is 3.71. The molecule has 0 aliphatic carbocycles. The maximum Gasteiger partial charge on any atom is 0.271 e. The summed E-state index contributed by atoms with van der Waals surface area (Å²) in [6, 6.07) is 8.25. The van der Waals surface area contributed by atoms with Gasteiger partial charge in [0, 0.05) is 30.2 Å². The predicted molar refractivity (Wildman–Crippen MR) is 95.1 cm³/mol. The second-order valence-electron chi connectivity index (χ2n) is 5.58. The van der Waals surface area contributed by atoms with Crippen molar-refractivity contribution >= 4 is 22.6 Å². The van der Waals surface area contributed by atoms with Gasteiger partial charge in [-0.2, -0.15) is 0 Å². The Morgan fingerprint density at radius 3 is 2.83 bits per heavy atom. The minimum Gasteiger partial charge on any atom is -0.368 e. The molecule has 0 saturated carbocycles. The summed E-state index contributed by atoms with van der Waals surface area (Å²) in [5.74, 6) is 0.483. The summed E-state index contributed by atoms with van der Waals surface area (Å²) in [6.07, 6.45) is 6.91. The van der Waals surface area contributed by atoms with Crippen molar-refractivity contribution in [2.45, 2.75) is 19.8 Å². The summed E-state index contributed by atoms with van der Waals surface area (Å²) >= 11 is 0. The second-order valence-corrected chi connectivity index (χ2v) is 5.58. The van der Waals surface area contributed by atoms with Crippen LogP contribution in [0.1, 0.15) is 29.4 Å². The molecule has 0 aliphatic rings.